The number of nitrogens with zero attached hydrogens (tertiary/aromatic N) is 5. The monoisotopic (exact) mass is 476 g/mol. The van der Waals surface area contributed by atoms with E-state index in [1.807, 2.05) is 26.8 Å². The molecule has 1 atom stereocenters. The van der Waals surface area contributed by atoms with Gasteiger partial charge in [0.2, 0.25) is 5.95 Å². The predicted octanol–water partition coefficient (Wildman–Crippen LogP) is 5.65. The minimum atomic E-state index is -0.674. The summed E-state index contributed by atoms with van der Waals surface area (Å²) in [6.45, 7) is 8.04. The lowest BCUT2D eigenvalue weighted by Crippen LogP contribution is -2.29. The Morgan fingerprint density at radius 1 is 1.11 bits per heavy atom. The average molecular weight is 477 g/mol. The normalized spacial score (nSPS) is 20.7. The molecule has 182 valence electrons. The molecule has 2 aliphatic rings. The van der Waals surface area contributed by atoms with Gasteiger partial charge in [-0.3, -0.25) is 9.98 Å². The summed E-state index contributed by atoms with van der Waals surface area (Å²) < 4.78 is 30.9. The SMILES string of the molecule is CCC1(C)C(C)=Nc2c(F)cc(-c3nc(N)nc(-c4ccc(C5CCN(C)CC5)cn4)c3F)cc21. The van der Waals surface area contributed by atoms with Crippen molar-refractivity contribution in [3.8, 4) is 22.6 Å². The third-order valence-corrected chi connectivity index (χ3v) is 7.80. The Balaban J connectivity index is 1.53. The fraction of sp³-hybridized carbons (Fsp3) is 0.407. The van der Waals surface area contributed by atoms with Crippen LogP contribution in [-0.4, -0.2) is 45.7 Å². The molecule has 0 radical (unpaired) electrons. The van der Waals surface area contributed by atoms with Crippen LogP contribution in [0.4, 0.5) is 20.4 Å². The van der Waals surface area contributed by atoms with Crippen molar-refractivity contribution in [2.75, 3.05) is 25.9 Å². The first-order chi connectivity index (χ1) is 16.7. The van der Waals surface area contributed by atoms with E-state index in [0.717, 1.165) is 49.2 Å². The standard InChI is InChI=1S/C27H30F2N6/c1-5-27(3)15(2)32-24-19(27)12-18(13-20(24)28)23-22(29)25(34-26(30)33-23)21-7-6-17(14-31-21)16-8-10-35(4)11-9-16/h6-7,12-14,16H,5,8-11H2,1-4H3,(H2,30,33,34). The highest BCUT2D eigenvalue weighted by atomic mass is 19.1. The van der Waals surface area contributed by atoms with E-state index in [9.17, 15) is 0 Å². The Morgan fingerprint density at radius 2 is 1.83 bits per heavy atom. The second-order valence-electron chi connectivity index (χ2n) is 9.88. The van der Waals surface area contributed by atoms with Gasteiger partial charge in [0.15, 0.2) is 5.82 Å². The fourth-order valence-corrected chi connectivity index (χ4v) is 5.16. The van der Waals surface area contributed by atoms with Gasteiger partial charge in [-0.25, -0.2) is 18.7 Å². The summed E-state index contributed by atoms with van der Waals surface area (Å²) in [5.74, 6) is -0.833. The third kappa shape index (κ3) is 3.99. The molecule has 1 aromatic carbocycles. The number of nitrogen functional groups attached to an aromatic ring is 1. The fourth-order valence-electron chi connectivity index (χ4n) is 5.16. The van der Waals surface area contributed by atoms with Crippen molar-refractivity contribution in [1.82, 2.24) is 19.9 Å². The van der Waals surface area contributed by atoms with Gasteiger partial charge in [-0.1, -0.05) is 19.9 Å². The maximum Gasteiger partial charge on any atom is 0.221 e. The van der Waals surface area contributed by atoms with Crippen LogP contribution in [0.2, 0.25) is 0 Å². The van der Waals surface area contributed by atoms with Crippen LogP contribution < -0.4 is 5.73 Å². The molecule has 1 fully saturated rings. The first kappa shape index (κ1) is 23.5. The zero-order valence-electron chi connectivity index (χ0n) is 20.6. The predicted molar refractivity (Wildman–Crippen MR) is 135 cm³/mol. The van der Waals surface area contributed by atoms with Gasteiger partial charge in [0.05, 0.1) is 5.69 Å². The van der Waals surface area contributed by atoms with Crippen LogP contribution in [-0.2, 0) is 5.41 Å². The number of aromatic nitrogens is 3. The van der Waals surface area contributed by atoms with E-state index in [4.69, 9.17) is 5.73 Å². The van der Waals surface area contributed by atoms with Crippen molar-refractivity contribution in [1.29, 1.82) is 0 Å². The Kier molecular flexibility index (Phi) is 5.87. The average Bonchev–Trinajstić information content (AvgIpc) is 3.12. The number of aliphatic imine (C=N–C) groups is 1. The molecule has 4 heterocycles. The molecule has 0 aliphatic carbocycles. The molecule has 35 heavy (non-hydrogen) atoms. The summed E-state index contributed by atoms with van der Waals surface area (Å²) in [4.78, 5) is 19.6. The lowest BCUT2D eigenvalue weighted by atomic mass is 9.77. The van der Waals surface area contributed by atoms with Crippen LogP contribution in [0, 0.1) is 11.6 Å². The summed E-state index contributed by atoms with van der Waals surface area (Å²) in [6, 6.07) is 6.80. The van der Waals surface area contributed by atoms with Crippen LogP contribution >= 0.6 is 0 Å². The summed E-state index contributed by atoms with van der Waals surface area (Å²) in [7, 11) is 2.13. The van der Waals surface area contributed by atoms with Crippen LogP contribution in [0.1, 0.15) is 57.1 Å². The molecular formula is C27H30F2N6. The number of rotatable bonds is 4. The van der Waals surface area contributed by atoms with Gasteiger partial charge in [-0.15, -0.1) is 0 Å². The molecule has 1 saturated heterocycles. The first-order valence-electron chi connectivity index (χ1n) is 12.1. The minimum absolute atomic E-state index is 0.00835. The van der Waals surface area contributed by atoms with E-state index >= 15 is 8.78 Å². The zero-order valence-corrected chi connectivity index (χ0v) is 20.6. The highest BCUT2D eigenvalue weighted by Crippen LogP contribution is 2.46. The zero-order chi connectivity index (χ0) is 24.9. The van der Waals surface area contributed by atoms with Crippen molar-refractivity contribution < 1.29 is 8.78 Å². The largest absolute Gasteiger partial charge is 0.368 e. The van der Waals surface area contributed by atoms with Crippen molar-refractivity contribution in [3.05, 3.63) is 53.2 Å². The molecule has 8 heteroatoms. The van der Waals surface area contributed by atoms with E-state index < -0.39 is 17.0 Å². The number of fused-ring (bicyclic) bond motifs is 1. The van der Waals surface area contributed by atoms with E-state index in [2.05, 4.69) is 31.9 Å². The summed E-state index contributed by atoms with van der Waals surface area (Å²) >= 11 is 0. The number of piperidine rings is 1. The summed E-state index contributed by atoms with van der Waals surface area (Å²) in [5, 5.41) is 0. The maximum atomic E-state index is 15.8. The number of pyridine rings is 1. The summed E-state index contributed by atoms with van der Waals surface area (Å²) in [6.07, 6.45) is 4.68. The molecule has 6 nitrogen and oxygen atoms in total. The van der Waals surface area contributed by atoms with Crippen molar-refractivity contribution >= 4 is 17.3 Å². The Bertz CT molecular complexity index is 1310. The van der Waals surface area contributed by atoms with Gasteiger partial charge in [0, 0.05) is 22.9 Å². The highest BCUT2D eigenvalue weighted by molar-refractivity contribution is 6.00. The second-order valence-corrected chi connectivity index (χ2v) is 9.88. The van der Waals surface area contributed by atoms with Crippen LogP contribution in [0.5, 0.6) is 0 Å². The van der Waals surface area contributed by atoms with Crippen molar-refractivity contribution in [3.63, 3.8) is 0 Å². The van der Waals surface area contributed by atoms with Gasteiger partial charge in [0.1, 0.15) is 22.9 Å². The summed E-state index contributed by atoms with van der Waals surface area (Å²) in [5.41, 5.74) is 9.21. The van der Waals surface area contributed by atoms with E-state index in [1.165, 1.54) is 6.07 Å². The van der Waals surface area contributed by atoms with Gasteiger partial charge < -0.3 is 10.6 Å². The number of nitrogens with two attached hydrogens (primary N) is 1. The van der Waals surface area contributed by atoms with Gasteiger partial charge >= 0.3 is 0 Å². The molecular weight excluding hydrogens is 446 g/mol. The molecule has 1 unspecified atom stereocenters. The van der Waals surface area contributed by atoms with Crippen molar-refractivity contribution in [2.45, 2.75) is 51.4 Å². The number of anilines is 1. The Morgan fingerprint density at radius 3 is 2.49 bits per heavy atom. The van der Waals surface area contributed by atoms with E-state index in [-0.39, 0.29) is 17.3 Å². The number of hydrogen-bond donors (Lipinski definition) is 1. The molecule has 2 aromatic heterocycles. The number of likely N-dealkylation sites (tertiary alicyclic amines) is 1. The maximum absolute atomic E-state index is 15.8. The van der Waals surface area contributed by atoms with Gasteiger partial charge in [0.25, 0.3) is 0 Å². The molecule has 2 N–H and O–H groups in total. The number of halogens is 2. The van der Waals surface area contributed by atoms with Gasteiger partial charge in [-0.05, 0) is 81.6 Å². The molecule has 3 aromatic rings. The van der Waals surface area contributed by atoms with Crippen LogP contribution in [0.3, 0.4) is 0 Å². The van der Waals surface area contributed by atoms with Crippen LogP contribution in [0.25, 0.3) is 22.6 Å². The molecule has 0 saturated carbocycles. The lowest BCUT2D eigenvalue weighted by Gasteiger charge is -2.29. The molecule has 0 spiro atoms. The quantitative estimate of drug-likeness (QED) is 0.526. The minimum Gasteiger partial charge on any atom is -0.368 e. The Labute approximate surface area is 204 Å². The number of hydrogen-bond acceptors (Lipinski definition) is 6. The van der Waals surface area contributed by atoms with Gasteiger partial charge in [-0.2, -0.15) is 0 Å². The lowest BCUT2D eigenvalue weighted by molar-refractivity contribution is 0.255. The topological polar surface area (TPSA) is 80.3 Å². The highest BCUT2D eigenvalue weighted by Gasteiger charge is 2.37. The van der Waals surface area contributed by atoms with E-state index in [1.54, 1.807) is 18.3 Å². The van der Waals surface area contributed by atoms with Crippen molar-refractivity contribution in [2.24, 2.45) is 4.99 Å². The third-order valence-electron chi connectivity index (χ3n) is 7.80. The molecule has 2 aliphatic heterocycles. The molecule has 5 rings (SSSR count). The molecule has 0 bridgehead atoms. The second kappa shape index (κ2) is 8.75. The number of benzene rings is 1. The van der Waals surface area contributed by atoms with E-state index in [0.29, 0.717) is 22.9 Å². The first-order valence-corrected chi connectivity index (χ1v) is 12.1. The smallest absolute Gasteiger partial charge is 0.221 e. The molecule has 0 amide bonds. The van der Waals surface area contributed by atoms with Crippen LogP contribution in [0.15, 0.2) is 35.5 Å². The Hall–Kier alpha value is -3.26.